The molecular formula is C30H43NNa2O8S. The molecule has 0 saturated carbocycles. The molecule has 0 aliphatic rings. The number of aliphatic hydroxyl groups excluding tert-OH is 1. The van der Waals surface area contributed by atoms with E-state index in [-0.39, 0.29) is 89.0 Å². The first kappa shape index (κ1) is 40.8. The van der Waals surface area contributed by atoms with E-state index in [0.29, 0.717) is 5.56 Å². The van der Waals surface area contributed by atoms with Crippen molar-refractivity contribution in [1.82, 2.24) is 0 Å². The second kappa shape index (κ2) is 21.5. The second-order valence-electron chi connectivity index (χ2n) is 10.1. The normalized spacial score (nSPS) is 12.3. The third-order valence-corrected chi connectivity index (χ3v) is 8.88. The van der Waals surface area contributed by atoms with Gasteiger partial charge in [-0.25, -0.2) is 8.42 Å². The zero-order valence-corrected chi connectivity index (χ0v) is 23.9. The number of nitrogens with one attached hydrogen (secondary N) is 1. The van der Waals surface area contributed by atoms with Crippen LogP contribution in [0.25, 0.3) is 0 Å². The van der Waals surface area contributed by atoms with Gasteiger partial charge in [0.15, 0.2) is 9.84 Å². The Bertz CT molecular complexity index is 1220. The van der Waals surface area contributed by atoms with Gasteiger partial charge in [-0.05, 0) is 55.0 Å². The number of benzene rings is 2. The van der Waals surface area contributed by atoms with Gasteiger partial charge in [-0.2, -0.15) is 0 Å². The number of carboxylic acids is 2. The third kappa shape index (κ3) is 14.5. The molecule has 0 aliphatic heterocycles. The summed E-state index contributed by atoms with van der Waals surface area (Å²) in [6.45, 7) is 2.19. The Kier molecular flexibility index (Phi) is 20.8. The molecule has 0 saturated heterocycles. The van der Waals surface area contributed by atoms with Crippen molar-refractivity contribution >= 4 is 92.5 Å². The number of carbonyl (C=O) groups is 3. The van der Waals surface area contributed by atoms with Gasteiger partial charge < -0.3 is 20.6 Å². The Labute approximate surface area is 293 Å². The molecule has 0 radical (unpaired) electrons. The Morgan fingerprint density at radius 1 is 0.833 bits per heavy atom. The zero-order valence-electron chi connectivity index (χ0n) is 23.0. The summed E-state index contributed by atoms with van der Waals surface area (Å²) in [6.07, 6.45) is 6.91. The van der Waals surface area contributed by atoms with Crippen LogP contribution in [0.15, 0.2) is 53.4 Å². The number of amides is 1. The van der Waals surface area contributed by atoms with Crippen LogP contribution >= 0.6 is 0 Å². The summed E-state index contributed by atoms with van der Waals surface area (Å²) < 4.78 is 27.6. The number of unbranched alkanes of at least 4 members (excludes halogenated alkanes) is 6. The first-order valence-corrected chi connectivity index (χ1v) is 15.4. The Balaban J connectivity index is 0.00000840. The van der Waals surface area contributed by atoms with E-state index in [9.17, 15) is 27.9 Å². The van der Waals surface area contributed by atoms with E-state index in [0.717, 1.165) is 24.8 Å². The molecule has 0 heterocycles. The molecule has 9 nitrogen and oxygen atoms in total. The Morgan fingerprint density at radius 3 is 2.05 bits per heavy atom. The predicted octanol–water partition coefficient (Wildman–Crippen LogP) is 4.23. The van der Waals surface area contributed by atoms with Crippen LogP contribution < -0.4 is 5.32 Å². The van der Waals surface area contributed by atoms with Crippen LogP contribution in [0.2, 0.25) is 0 Å². The fraction of sp³-hybridized carbons (Fsp3) is 0.500. The summed E-state index contributed by atoms with van der Waals surface area (Å²) in [5, 5.41) is 29.8. The number of anilines is 1. The van der Waals surface area contributed by atoms with E-state index >= 15 is 0 Å². The van der Waals surface area contributed by atoms with Crippen LogP contribution in [0, 0.1) is 0 Å². The average molecular weight is 624 g/mol. The van der Waals surface area contributed by atoms with Gasteiger partial charge >= 0.3 is 71.1 Å². The molecule has 0 bridgehead atoms. The topological polar surface area (TPSA) is 158 Å². The van der Waals surface area contributed by atoms with Crippen LogP contribution in [0.3, 0.4) is 0 Å². The van der Waals surface area contributed by atoms with Crippen LogP contribution in [0.1, 0.15) is 93.9 Å². The summed E-state index contributed by atoms with van der Waals surface area (Å²) in [7, 11) is -4.20. The monoisotopic (exact) mass is 623 g/mol. The van der Waals surface area contributed by atoms with Crippen LogP contribution in [-0.2, 0) is 30.6 Å². The number of sulfone groups is 1. The molecule has 2 unspecified atom stereocenters. The van der Waals surface area contributed by atoms with Crippen molar-refractivity contribution in [1.29, 1.82) is 0 Å². The summed E-state index contributed by atoms with van der Waals surface area (Å²) in [5.41, 5.74) is 1.56. The van der Waals surface area contributed by atoms with E-state index in [2.05, 4.69) is 12.2 Å². The summed E-state index contributed by atoms with van der Waals surface area (Å²) in [6, 6.07) is 12.5. The van der Waals surface area contributed by atoms with Crippen molar-refractivity contribution in [2.24, 2.45) is 0 Å². The second-order valence-corrected chi connectivity index (χ2v) is 12.1. The molecule has 42 heavy (non-hydrogen) atoms. The quantitative estimate of drug-likeness (QED) is 0.103. The number of hydrogen-bond acceptors (Lipinski definition) is 6. The van der Waals surface area contributed by atoms with E-state index in [4.69, 9.17) is 10.2 Å². The number of carboxylic acid groups (broad SMARTS) is 2. The first-order chi connectivity index (χ1) is 19.0. The molecule has 0 fully saturated rings. The molecule has 12 heteroatoms. The number of aryl methyl sites for hydroxylation is 1. The van der Waals surface area contributed by atoms with E-state index < -0.39 is 45.5 Å². The van der Waals surface area contributed by atoms with Crippen molar-refractivity contribution in [2.45, 2.75) is 100 Å². The van der Waals surface area contributed by atoms with Gasteiger partial charge in [-0.15, -0.1) is 0 Å². The van der Waals surface area contributed by atoms with Gasteiger partial charge in [-0.1, -0.05) is 75.8 Å². The number of carbonyl (C=O) groups excluding carboxylic acids is 1. The number of aliphatic carboxylic acids is 2. The van der Waals surface area contributed by atoms with Crippen molar-refractivity contribution in [3.63, 3.8) is 0 Å². The molecule has 4 N–H and O–H groups in total. The third-order valence-electron chi connectivity index (χ3n) is 6.71. The van der Waals surface area contributed by atoms with E-state index in [1.54, 1.807) is 12.1 Å². The number of hydrogen-bond donors (Lipinski definition) is 4. The van der Waals surface area contributed by atoms with Crippen molar-refractivity contribution in [3.05, 3.63) is 59.7 Å². The van der Waals surface area contributed by atoms with Crippen LogP contribution in [-0.4, -0.2) is 107 Å². The maximum atomic E-state index is 13.8. The SMILES string of the molecule is CCCCCCCCCc1ccc(C(C(O)CCCC(=O)O)S(=O)(=O)c2cccc(NC(=O)CC(=O)O)c2)cc1.[NaH].[NaH]. The molecule has 1 amide bonds. The van der Waals surface area contributed by atoms with Gasteiger partial charge in [0.25, 0.3) is 0 Å². The van der Waals surface area contributed by atoms with Crippen molar-refractivity contribution in [2.75, 3.05) is 5.32 Å². The van der Waals surface area contributed by atoms with Gasteiger partial charge in [0.1, 0.15) is 11.7 Å². The van der Waals surface area contributed by atoms with Gasteiger partial charge in [0.2, 0.25) is 5.91 Å². The van der Waals surface area contributed by atoms with Gasteiger partial charge in [0, 0.05) is 12.1 Å². The number of rotatable bonds is 19. The molecule has 2 aromatic rings. The molecular weight excluding hydrogens is 580 g/mol. The molecule has 224 valence electrons. The van der Waals surface area contributed by atoms with Gasteiger partial charge in [0.05, 0.1) is 11.0 Å². The fourth-order valence-electron chi connectivity index (χ4n) is 4.62. The molecule has 2 aromatic carbocycles. The number of aliphatic hydroxyl groups is 1. The standard InChI is InChI=1S/C30H41NO8S.2Na.2H/c1-2-3-4-5-6-7-8-11-22-16-18-23(19-17-22)30(26(32)14-10-15-28(34)35)40(38,39)25-13-9-12-24(20-25)31-27(33)21-29(36)37;;;;/h9,12-13,16-20,26,30,32H,2-8,10-11,14-15,21H2,1H3,(H,31,33)(H,34,35)(H,36,37);;;;. The van der Waals surface area contributed by atoms with E-state index in [1.165, 1.54) is 56.4 Å². The fourth-order valence-corrected chi connectivity index (χ4v) is 6.54. The molecule has 0 aromatic heterocycles. The van der Waals surface area contributed by atoms with E-state index in [1.807, 2.05) is 12.1 Å². The summed E-state index contributed by atoms with van der Waals surface area (Å²) in [4.78, 5) is 33.5. The summed E-state index contributed by atoms with van der Waals surface area (Å²) in [5.74, 6) is -3.16. The van der Waals surface area contributed by atoms with Crippen molar-refractivity contribution < 1.29 is 38.1 Å². The van der Waals surface area contributed by atoms with Gasteiger partial charge in [-0.3, -0.25) is 14.4 Å². The van der Waals surface area contributed by atoms with Crippen molar-refractivity contribution in [3.8, 4) is 0 Å². The Hall–Kier alpha value is -1.24. The zero-order chi connectivity index (χ0) is 29.5. The predicted molar refractivity (Wildman–Crippen MR) is 167 cm³/mol. The molecule has 2 atom stereocenters. The minimum atomic E-state index is -4.20. The summed E-state index contributed by atoms with van der Waals surface area (Å²) >= 11 is 0. The average Bonchev–Trinajstić information content (AvgIpc) is 2.88. The minimum absolute atomic E-state index is 0. The molecule has 2 rings (SSSR count). The van der Waals surface area contributed by atoms with Crippen LogP contribution in [0.5, 0.6) is 0 Å². The molecule has 0 aliphatic carbocycles. The molecule has 0 spiro atoms. The van der Waals surface area contributed by atoms with Crippen LogP contribution in [0.4, 0.5) is 5.69 Å². The first-order valence-electron chi connectivity index (χ1n) is 13.9. The Morgan fingerprint density at radius 2 is 1.45 bits per heavy atom. The maximum absolute atomic E-state index is 13.8.